The first kappa shape index (κ1) is 18.6. The minimum absolute atomic E-state index is 0.0196. The number of ketones is 2. The minimum Gasteiger partial charge on any atom is -0.612 e. The number of ether oxygens (including phenoxy) is 1. The highest BCUT2D eigenvalue weighted by molar-refractivity contribution is 7.90. The van der Waals surface area contributed by atoms with Crippen LogP contribution in [0.4, 0.5) is 0 Å². The van der Waals surface area contributed by atoms with Crippen molar-refractivity contribution >= 4 is 34.5 Å². The zero-order valence-corrected chi connectivity index (χ0v) is 16.8. The molecule has 0 radical (unpaired) electrons. The molecule has 1 aromatic carbocycles. The number of H-pyrrole nitrogens is 1. The first-order chi connectivity index (χ1) is 13.2. The van der Waals surface area contributed by atoms with Crippen LogP contribution in [0.1, 0.15) is 36.5 Å². The SMILES string of the molecule is COc1cc([S+](C)[O-])ccc1-c1nc2c([nH]1)C1=C(CC2=O)C(=O)C(C)(C)N=C1. The number of imidazole rings is 1. The summed E-state index contributed by atoms with van der Waals surface area (Å²) in [7, 11) is 1.52. The number of nitrogens with zero attached hydrogens (tertiary/aromatic N) is 2. The molecule has 0 bridgehead atoms. The Bertz CT molecular complexity index is 1080. The van der Waals surface area contributed by atoms with E-state index in [1.54, 1.807) is 44.5 Å². The van der Waals surface area contributed by atoms with Crippen molar-refractivity contribution in [1.29, 1.82) is 0 Å². The number of hydrogen-bond donors (Lipinski definition) is 1. The molecule has 144 valence electrons. The number of carbonyl (C=O) groups is 2. The van der Waals surface area contributed by atoms with Crippen LogP contribution in [0, 0.1) is 0 Å². The Balaban J connectivity index is 1.85. The molecule has 1 aliphatic carbocycles. The number of benzene rings is 1. The van der Waals surface area contributed by atoms with Crippen molar-refractivity contribution in [1.82, 2.24) is 9.97 Å². The number of methoxy groups -OCH3 is 1. The normalized spacial score (nSPS) is 18.8. The standard InChI is InChI=1S/C20H19N3O4S/c1-20(2)18(25)12-8-14(24)17-16(13(12)9-21-20)22-19(23-17)11-6-5-10(28(4)26)7-15(11)27-3/h5-7,9H,8H2,1-4H3,(H,22,23). The minimum atomic E-state index is -1.15. The van der Waals surface area contributed by atoms with Gasteiger partial charge in [-0.1, -0.05) is 0 Å². The Morgan fingerprint density at radius 3 is 2.71 bits per heavy atom. The van der Waals surface area contributed by atoms with Gasteiger partial charge in [-0.15, -0.1) is 0 Å². The second-order valence-electron chi connectivity index (χ2n) is 7.26. The van der Waals surface area contributed by atoms with Gasteiger partial charge in [0, 0.05) is 29.8 Å². The molecule has 7 nitrogen and oxygen atoms in total. The van der Waals surface area contributed by atoms with Gasteiger partial charge in [-0.25, -0.2) is 4.98 Å². The molecule has 0 saturated heterocycles. The van der Waals surface area contributed by atoms with E-state index in [9.17, 15) is 14.1 Å². The number of aromatic amines is 1. The maximum absolute atomic E-state index is 12.7. The van der Waals surface area contributed by atoms with Crippen molar-refractivity contribution in [2.75, 3.05) is 13.4 Å². The molecule has 0 saturated carbocycles. The van der Waals surface area contributed by atoms with Crippen molar-refractivity contribution in [3.63, 3.8) is 0 Å². The van der Waals surface area contributed by atoms with Crippen LogP contribution in [-0.4, -0.2) is 51.2 Å². The molecular formula is C20H19N3O4S. The van der Waals surface area contributed by atoms with Gasteiger partial charge in [0.1, 0.15) is 29.1 Å². The van der Waals surface area contributed by atoms with E-state index >= 15 is 0 Å². The zero-order valence-electron chi connectivity index (χ0n) is 16.0. The summed E-state index contributed by atoms with van der Waals surface area (Å²) in [5.74, 6) is 0.589. The van der Waals surface area contributed by atoms with Gasteiger partial charge in [-0.2, -0.15) is 0 Å². The number of aromatic nitrogens is 2. The third-order valence-electron chi connectivity index (χ3n) is 5.01. The lowest BCUT2D eigenvalue weighted by Gasteiger charge is -2.27. The first-order valence-corrected chi connectivity index (χ1v) is 10.3. The Labute approximate surface area is 165 Å². The molecule has 2 aromatic rings. The number of rotatable bonds is 3. The number of carbonyl (C=O) groups excluding carboxylic acids is 2. The van der Waals surface area contributed by atoms with E-state index in [0.29, 0.717) is 38.9 Å². The smallest absolute Gasteiger partial charge is 0.187 e. The maximum atomic E-state index is 12.7. The topological polar surface area (TPSA) is 107 Å². The van der Waals surface area contributed by atoms with Gasteiger partial charge in [0.25, 0.3) is 0 Å². The van der Waals surface area contributed by atoms with Crippen LogP contribution in [-0.2, 0) is 16.0 Å². The van der Waals surface area contributed by atoms with Crippen molar-refractivity contribution in [2.24, 2.45) is 4.99 Å². The predicted octanol–water partition coefficient (Wildman–Crippen LogP) is 2.59. The van der Waals surface area contributed by atoms with Crippen LogP contribution in [0.3, 0.4) is 0 Å². The fraction of sp³-hybridized carbons (Fsp3) is 0.300. The predicted molar refractivity (Wildman–Crippen MR) is 106 cm³/mol. The van der Waals surface area contributed by atoms with E-state index in [0.717, 1.165) is 0 Å². The van der Waals surface area contributed by atoms with Crippen LogP contribution in [0.5, 0.6) is 5.75 Å². The summed E-state index contributed by atoms with van der Waals surface area (Å²) >= 11 is -1.15. The molecule has 4 rings (SSSR count). The number of nitrogens with one attached hydrogen (secondary N) is 1. The summed E-state index contributed by atoms with van der Waals surface area (Å²) in [5, 5.41) is 0. The lowest BCUT2D eigenvalue weighted by atomic mass is 9.81. The second-order valence-corrected chi connectivity index (χ2v) is 8.64. The molecule has 28 heavy (non-hydrogen) atoms. The van der Waals surface area contributed by atoms with E-state index in [-0.39, 0.29) is 23.7 Å². The molecule has 2 heterocycles. The number of aliphatic imine (C=N–C) groups is 1. The molecule has 1 atom stereocenters. The van der Waals surface area contributed by atoms with Crippen LogP contribution in [0.25, 0.3) is 17.0 Å². The molecule has 0 fully saturated rings. The molecule has 0 amide bonds. The summed E-state index contributed by atoms with van der Waals surface area (Å²) in [6, 6.07) is 5.17. The number of allylic oxidation sites excluding steroid dienone is 1. The number of hydrogen-bond acceptors (Lipinski definition) is 6. The lowest BCUT2D eigenvalue weighted by molar-refractivity contribution is -0.119. The highest BCUT2D eigenvalue weighted by Crippen LogP contribution is 2.38. The fourth-order valence-electron chi connectivity index (χ4n) is 3.43. The third kappa shape index (κ3) is 2.80. The molecule has 1 N–H and O–H groups in total. The van der Waals surface area contributed by atoms with Gasteiger partial charge >= 0.3 is 0 Å². The number of Topliss-reactive ketones (excluding diaryl/α,β-unsaturated/α-hetero) is 2. The van der Waals surface area contributed by atoms with E-state index in [1.165, 1.54) is 7.11 Å². The molecule has 2 aliphatic rings. The van der Waals surface area contributed by atoms with Gasteiger partial charge < -0.3 is 14.3 Å². The Morgan fingerprint density at radius 2 is 2.04 bits per heavy atom. The van der Waals surface area contributed by atoms with Crippen LogP contribution >= 0.6 is 0 Å². The van der Waals surface area contributed by atoms with Gasteiger partial charge in [0.05, 0.1) is 18.4 Å². The van der Waals surface area contributed by atoms with Crippen molar-refractivity contribution in [2.45, 2.75) is 30.7 Å². The van der Waals surface area contributed by atoms with Crippen molar-refractivity contribution in [3.05, 3.63) is 35.2 Å². The molecule has 1 aliphatic heterocycles. The van der Waals surface area contributed by atoms with E-state index < -0.39 is 16.7 Å². The summed E-state index contributed by atoms with van der Waals surface area (Å²) in [6.45, 7) is 3.47. The molecule has 1 unspecified atom stereocenters. The molecular weight excluding hydrogens is 378 g/mol. The van der Waals surface area contributed by atoms with Gasteiger partial charge in [-0.3, -0.25) is 14.6 Å². The lowest BCUT2D eigenvalue weighted by Crippen LogP contribution is -2.36. The average molecular weight is 397 g/mol. The maximum Gasteiger partial charge on any atom is 0.187 e. The molecule has 1 aromatic heterocycles. The van der Waals surface area contributed by atoms with E-state index in [2.05, 4.69) is 15.0 Å². The first-order valence-electron chi connectivity index (χ1n) is 8.71. The Hall–Kier alpha value is -2.71. The highest BCUT2D eigenvalue weighted by Gasteiger charge is 2.40. The third-order valence-corrected chi connectivity index (χ3v) is 5.92. The highest BCUT2D eigenvalue weighted by atomic mass is 32.2. The summed E-state index contributed by atoms with van der Waals surface area (Å²) < 4.78 is 17.2. The van der Waals surface area contributed by atoms with E-state index in [1.807, 2.05) is 0 Å². The van der Waals surface area contributed by atoms with Gasteiger partial charge in [0.15, 0.2) is 16.5 Å². The second kappa shape index (κ2) is 6.42. The van der Waals surface area contributed by atoms with Crippen molar-refractivity contribution in [3.8, 4) is 17.1 Å². The van der Waals surface area contributed by atoms with Gasteiger partial charge in [0.2, 0.25) is 0 Å². The van der Waals surface area contributed by atoms with Crippen molar-refractivity contribution < 1.29 is 18.9 Å². The van der Waals surface area contributed by atoms with Crippen LogP contribution in [0.15, 0.2) is 33.7 Å². The Morgan fingerprint density at radius 1 is 1.29 bits per heavy atom. The molecule has 8 heteroatoms. The largest absolute Gasteiger partial charge is 0.612 e. The summed E-state index contributed by atoms with van der Waals surface area (Å²) in [4.78, 5) is 38.0. The van der Waals surface area contributed by atoms with E-state index in [4.69, 9.17) is 4.74 Å². The number of dihydropyridines is 1. The zero-order chi connectivity index (χ0) is 20.2. The van der Waals surface area contributed by atoms with Crippen LogP contribution < -0.4 is 4.74 Å². The fourth-order valence-corrected chi connectivity index (χ4v) is 3.97. The Kier molecular flexibility index (Phi) is 4.28. The van der Waals surface area contributed by atoms with Gasteiger partial charge in [-0.05, 0) is 37.2 Å². The molecule has 0 spiro atoms. The van der Waals surface area contributed by atoms with Crippen LogP contribution in [0.2, 0.25) is 0 Å². The average Bonchev–Trinajstić information content (AvgIpc) is 3.10. The quantitative estimate of drug-likeness (QED) is 0.801. The summed E-state index contributed by atoms with van der Waals surface area (Å²) in [6.07, 6.45) is 3.25. The number of fused-ring (bicyclic) bond motifs is 2. The summed E-state index contributed by atoms with van der Waals surface area (Å²) in [5.41, 5.74) is 1.64. The monoisotopic (exact) mass is 397 g/mol.